The highest BCUT2D eigenvalue weighted by Crippen LogP contribution is 2.69. The lowest BCUT2D eigenvalue weighted by Gasteiger charge is -2.47. The van der Waals surface area contributed by atoms with Crippen molar-refractivity contribution in [3.8, 4) is 0 Å². The van der Waals surface area contributed by atoms with Crippen LogP contribution in [0, 0.1) is 23.2 Å². The number of thioether (sulfide) groups is 1. The molecule has 3 unspecified atom stereocenters. The van der Waals surface area contributed by atoms with Crippen LogP contribution in [0.2, 0.25) is 0 Å². The molecule has 3 aliphatic heterocycles. The van der Waals surface area contributed by atoms with Gasteiger partial charge >= 0.3 is 0 Å². The lowest BCUT2D eigenvalue weighted by molar-refractivity contribution is -0.146. The fraction of sp³-hybridized carbons (Fsp3) is 0.639. The van der Waals surface area contributed by atoms with E-state index >= 15 is 4.79 Å². The third-order valence-corrected chi connectivity index (χ3v) is 11.8. The number of carbonyl (C=O) groups excluding carboxylic acids is 3. The maximum absolute atomic E-state index is 15.0. The molecule has 0 aliphatic carbocycles. The van der Waals surface area contributed by atoms with Crippen LogP contribution < -0.4 is 4.90 Å². The Kier molecular flexibility index (Phi) is 10.5. The molecule has 44 heavy (non-hydrogen) atoms. The summed E-state index contributed by atoms with van der Waals surface area (Å²) >= 11 is 1.72. The van der Waals surface area contributed by atoms with Crippen molar-refractivity contribution in [1.29, 1.82) is 0 Å². The topological polar surface area (TPSA) is 81.2 Å². The number of aliphatic hydroxyl groups is 1. The predicted octanol–water partition coefficient (Wildman–Crippen LogP) is 5.93. The zero-order valence-electron chi connectivity index (χ0n) is 27.6. The molecule has 1 aromatic carbocycles. The summed E-state index contributed by atoms with van der Waals surface area (Å²) < 4.78 is -0.691. The highest BCUT2D eigenvalue weighted by Gasteiger charge is 2.76. The molecule has 3 amide bonds. The van der Waals surface area contributed by atoms with E-state index in [1.165, 1.54) is 0 Å². The number of carbonyl (C=O) groups is 3. The van der Waals surface area contributed by atoms with Crippen molar-refractivity contribution in [3.63, 3.8) is 0 Å². The van der Waals surface area contributed by atoms with Gasteiger partial charge in [-0.1, -0.05) is 58.0 Å². The van der Waals surface area contributed by atoms with Crippen LogP contribution in [0.25, 0.3) is 0 Å². The summed E-state index contributed by atoms with van der Waals surface area (Å²) in [6.45, 7) is 22.1. The molecule has 1 N–H and O–H groups in total. The van der Waals surface area contributed by atoms with Crippen molar-refractivity contribution in [3.05, 3.63) is 55.6 Å². The standard InChI is InChI=1S/C36H53N3O4S/c1-9-19-37(26-17-13-11-14-18-26)31(41)28-27-23-25(3)36(44-27)29(28)32(42)38(21-15-12-16-22-40)30(36)33(43)39(20-10-2)35(7,8)24-34(4,5)6/h9-11,13-14,17-18,25,27-30,40H,1-2,12,15-16,19-24H2,3-8H3/t25?,27-,28+,29+,30?,36?/m1/s1. The van der Waals surface area contributed by atoms with E-state index in [1.807, 2.05) is 40.1 Å². The summed E-state index contributed by atoms with van der Waals surface area (Å²) in [5.41, 5.74) is 0.293. The summed E-state index contributed by atoms with van der Waals surface area (Å²) in [6.07, 6.45) is 7.19. The second kappa shape index (κ2) is 13.4. The molecule has 6 atom stereocenters. The van der Waals surface area contributed by atoms with E-state index in [9.17, 15) is 14.7 Å². The monoisotopic (exact) mass is 623 g/mol. The molecular weight excluding hydrogens is 570 g/mol. The van der Waals surface area contributed by atoms with Crippen LogP contribution in [0.1, 0.15) is 73.6 Å². The van der Waals surface area contributed by atoms with Gasteiger partial charge in [0.25, 0.3) is 0 Å². The van der Waals surface area contributed by atoms with E-state index < -0.39 is 28.2 Å². The average molecular weight is 624 g/mol. The number of amides is 3. The number of benzene rings is 1. The lowest BCUT2D eigenvalue weighted by Crippen LogP contribution is -2.61. The van der Waals surface area contributed by atoms with Crippen molar-refractivity contribution >= 4 is 35.2 Å². The van der Waals surface area contributed by atoms with Crippen LogP contribution in [-0.4, -0.2) is 80.4 Å². The molecular formula is C36H53N3O4S. The van der Waals surface area contributed by atoms with Crippen LogP contribution in [0.15, 0.2) is 55.6 Å². The zero-order valence-corrected chi connectivity index (χ0v) is 28.4. The Bertz CT molecular complexity index is 1230. The lowest BCUT2D eigenvalue weighted by atomic mass is 9.65. The summed E-state index contributed by atoms with van der Waals surface area (Å²) in [5.74, 6) is -1.19. The molecule has 2 bridgehead atoms. The SMILES string of the molecule is C=CCN(C(=O)[C@@H]1[C@H]2C(=O)N(CCCCCO)C(C(=O)N(CC=C)C(C)(C)CC(C)(C)C)C23S[C@@H]1CC3C)c1ccccc1. The molecule has 1 aromatic rings. The first-order valence-electron chi connectivity index (χ1n) is 16.2. The van der Waals surface area contributed by atoms with Crippen molar-refractivity contribution in [1.82, 2.24) is 9.80 Å². The number of anilines is 1. The number of unbranched alkanes of at least 4 members (excludes halogenated alkanes) is 2. The molecule has 4 rings (SSSR count). The largest absolute Gasteiger partial charge is 0.396 e. The van der Waals surface area contributed by atoms with Gasteiger partial charge in [0.15, 0.2) is 0 Å². The predicted molar refractivity (Wildman–Crippen MR) is 180 cm³/mol. The van der Waals surface area contributed by atoms with E-state index in [1.54, 1.807) is 28.8 Å². The number of para-hydroxylation sites is 1. The van der Waals surface area contributed by atoms with Gasteiger partial charge in [-0.15, -0.1) is 24.9 Å². The molecule has 3 fully saturated rings. The van der Waals surface area contributed by atoms with E-state index in [0.717, 1.165) is 24.9 Å². The Balaban J connectivity index is 1.79. The smallest absolute Gasteiger partial charge is 0.247 e. The second-order valence-corrected chi connectivity index (χ2v) is 16.3. The van der Waals surface area contributed by atoms with Crippen LogP contribution in [-0.2, 0) is 14.4 Å². The Labute approximate surface area is 269 Å². The number of likely N-dealkylation sites (tertiary alicyclic amines) is 1. The van der Waals surface area contributed by atoms with Crippen molar-refractivity contribution in [2.24, 2.45) is 23.2 Å². The van der Waals surface area contributed by atoms with E-state index in [-0.39, 0.29) is 40.9 Å². The number of rotatable bonds is 14. The highest BCUT2D eigenvalue weighted by atomic mass is 32.2. The van der Waals surface area contributed by atoms with E-state index in [4.69, 9.17) is 0 Å². The minimum atomic E-state index is -0.691. The minimum absolute atomic E-state index is 0.0169. The van der Waals surface area contributed by atoms with E-state index in [2.05, 4.69) is 54.7 Å². The molecule has 0 aromatic heterocycles. The fourth-order valence-corrected chi connectivity index (χ4v) is 10.8. The minimum Gasteiger partial charge on any atom is -0.396 e. The van der Waals surface area contributed by atoms with E-state index in [0.29, 0.717) is 32.5 Å². The summed E-state index contributed by atoms with van der Waals surface area (Å²) in [7, 11) is 0. The molecule has 3 aliphatic rings. The first kappa shape index (κ1) is 34.3. The summed E-state index contributed by atoms with van der Waals surface area (Å²) in [6, 6.07) is 8.91. The summed E-state index contributed by atoms with van der Waals surface area (Å²) in [4.78, 5) is 49.7. The molecule has 1 spiro atoms. The maximum atomic E-state index is 15.0. The first-order valence-corrected chi connectivity index (χ1v) is 17.1. The fourth-order valence-electron chi connectivity index (χ4n) is 8.44. The number of hydrogen-bond acceptors (Lipinski definition) is 5. The number of fused-ring (bicyclic) bond motifs is 1. The molecule has 3 heterocycles. The second-order valence-electron chi connectivity index (χ2n) is 14.7. The number of hydrogen-bond donors (Lipinski definition) is 1. The molecule has 0 saturated carbocycles. The molecule has 0 radical (unpaired) electrons. The van der Waals surface area contributed by atoms with Gasteiger partial charge in [-0.2, -0.15) is 0 Å². The van der Waals surface area contributed by atoms with Crippen molar-refractivity contribution in [2.45, 2.75) is 95.2 Å². The van der Waals surface area contributed by atoms with Crippen molar-refractivity contribution in [2.75, 3.05) is 31.1 Å². The Morgan fingerprint density at radius 2 is 1.70 bits per heavy atom. The zero-order chi connectivity index (χ0) is 32.4. The molecule has 8 heteroatoms. The molecule has 3 saturated heterocycles. The number of aliphatic hydroxyl groups excluding tert-OH is 1. The normalized spacial score (nSPS) is 27.8. The quantitative estimate of drug-likeness (QED) is 0.205. The maximum Gasteiger partial charge on any atom is 0.247 e. The third-order valence-electron chi connectivity index (χ3n) is 9.74. The van der Waals surface area contributed by atoms with Crippen LogP contribution >= 0.6 is 11.8 Å². The van der Waals surface area contributed by atoms with Crippen LogP contribution in [0.4, 0.5) is 5.69 Å². The first-order chi connectivity index (χ1) is 20.7. The molecule has 242 valence electrons. The molecule has 7 nitrogen and oxygen atoms in total. The average Bonchev–Trinajstić information content (AvgIpc) is 3.54. The van der Waals surface area contributed by atoms with Gasteiger partial charge < -0.3 is 19.8 Å². The van der Waals surface area contributed by atoms with Gasteiger partial charge in [-0.3, -0.25) is 14.4 Å². The summed E-state index contributed by atoms with van der Waals surface area (Å²) in [5, 5.41) is 9.36. The van der Waals surface area contributed by atoms with Gasteiger partial charge in [0, 0.05) is 42.7 Å². The number of nitrogens with zero attached hydrogens (tertiary/aromatic N) is 3. The van der Waals surface area contributed by atoms with Crippen LogP contribution in [0.3, 0.4) is 0 Å². The Morgan fingerprint density at radius 1 is 1.05 bits per heavy atom. The third kappa shape index (κ3) is 6.26. The van der Waals surface area contributed by atoms with Gasteiger partial charge in [-0.05, 0) is 69.4 Å². The van der Waals surface area contributed by atoms with Gasteiger partial charge in [0.1, 0.15) is 6.04 Å². The highest BCUT2D eigenvalue weighted by molar-refractivity contribution is 8.02. The Morgan fingerprint density at radius 3 is 2.30 bits per heavy atom. The van der Waals surface area contributed by atoms with Crippen molar-refractivity contribution < 1.29 is 19.5 Å². The van der Waals surface area contributed by atoms with Gasteiger partial charge in [0.2, 0.25) is 17.7 Å². The van der Waals surface area contributed by atoms with Gasteiger partial charge in [0.05, 0.1) is 16.6 Å². The van der Waals surface area contributed by atoms with Crippen LogP contribution in [0.5, 0.6) is 0 Å². The van der Waals surface area contributed by atoms with Gasteiger partial charge in [-0.25, -0.2) is 0 Å². The Hall–Kier alpha value is -2.58.